The second kappa shape index (κ2) is 8.20. The molecule has 2 rings (SSSR count). The summed E-state index contributed by atoms with van der Waals surface area (Å²) in [5.41, 5.74) is 1.02. The third-order valence-electron chi connectivity index (χ3n) is 3.39. The van der Waals surface area contributed by atoms with E-state index >= 15 is 0 Å². The molecule has 0 aromatic heterocycles. The van der Waals surface area contributed by atoms with Crippen LogP contribution < -0.4 is 9.62 Å². The summed E-state index contributed by atoms with van der Waals surface area (Å²) in [4.78, 5) is 23.7. The zero-order valence-corrected chi connectivity index (χ0v) is 15.7. The minimum Gasteiger partial charge on any atom is -0.465 e. The largest absolute Gasteiger partial charge is 0.465 e. The number of carbonyl (C=O) groups excluding carboxylic acids is 2. The quantitative estimate of drug-likeness (QED) is 0.757. The number of ether oxygens (including phenoxy) is 1. The first kappa shape index (κ1) is 19.7. The SMILES string of the molecule is COC(=O)c1ccc(N(CC(=O)Nc2ccc(Cl)cc2)S(C)(=O)=O)cc1. The average molecular weight is 397 g/mol. The Balaban J connectivity index is 2.18. The molecule has 138 valence electrons. The van der Waals surface area contributed by atoms with Crippen LogP contribution >= 0.6 is 11.6 Å². The van der Waals surface area contributed by atoms with E-state index in [1.165, 1.54) is 31.4 Å². The normalized spacial score (nSPS) is 10.9. The Morgan fingerprint density at radius 3 is 2.15 bits per heavy atom. The molecule has 0 saturated carbocycles. The lowest BCUT2D eigenvalue weighted by atomic mass is 10.2. The molecule has 0 bridgehead atoms. The summed E-state index contributed by atoms with van der Waals surface area (Å²) in [5.74, 6) is -1.06. The molecular weight excluding hydrogens is 380 g/mol. The Bertz CT molecular complexity index is 896. The molecule has 0 unspecified atom stereocenters. The number of anilines is 2. The number of hydrogen-bond acceptors (Lipinski definition) is 5. The van der Waals surface area contributed by atoms with Gasteiger partial charge in [0.05, 0.1) is 24.6 Å². The van der Waals surface area contributed by atoms with Crippen molar-refractivity contribution >= 4 is 44.9 Å². The highest BCUT2D eigenvalue weighted by Gasteiger charge is 2.21. The van der Waals surface area contributed by atoms with Gasteiger partial charge < -0.3 is 10.1 Å². The molecule has 0 spiro atoms. The van der Waals surface area contributed by atoms with Crippen LogP contribution in [0.3, 0.4) is 0 Å². The number of sulfonamides is 1. The first-order chi connectivity index (χ1) is 12.2. The monoisotopic (exact) mass is 396 g/mol. The van der Waals surface area contributed by atoms with Gasteiger partial charge in [-0.1, -0.05) is 11.6 Å². The maximum absolute atomic E-state index is 12.2. The number of nitrogens with one attached hydrogen (secondary N) is 1. The van der Waals surface area contributed by atoms with Gasteiger partial charge in [-0.3, -0.25) is 9.10 Å². The fraction of sp³-hybridized carbons (Fsp3) is 0.176. The molecule has 0 heterocycles. The number of nitrogens with zero attached hydrogens (tertiary/aromatic N) is 1. The third kappa shape index (κ3) is 5.21. The molecule has 2 aromatic carbocycles. The second-order valence-electron chi connectivity index (χ2n) is 5.36. The van der Waals surface area contributed by atoms with Crippen molar-refractivity contribution in [2.24, 2.45) is 0 Å². The number of halogens is 1. The molecule has 0 fully saturated rings. The summed E-state index contributed by atoms with van der Waals surface area (Å²) in [6.45, 7) is -0.418. The van der Waals surface area contributed by atoms with Crippen molar-refractivity contribution in [2.45, 2.75) is 0 Å². The number of rotatable bonds is 6. The highest BCUT2D eigenvalue weighted by atomic mass is 35.5. The summed E-state index contributed by atoms with van der Waals surface area (Å²) in [5, 5.41) is 3.12. The molecule has 7 nitrogen and oxygen atoms in total. The summed E-state index contributed by atoms with van der Waals surface area (Å²) in [6, 6.07) is 12.2. The number of esters is 1. The standard InChI is InChI=1S/C17H17ClN2O5S/c1-25-17(22)12-3-9-15(10-4-12)20(26(2,23)24)11-16(21)19-14-7-5-13(18)6-8-14/h3-10H,11H2,1-2H3,(H,19,21). The Morgan fingerprint density at radius 2 is 1.65 bits per heavy atom. The van der Waals surface area contributed by atoms with E-state index in [1.54, 1.807) is 24.3 Å². The lowest BCUT2D eigenvalue weighted by Crippen LogP contribution is -2.37. The first-order valence-electron chi connectivity index (χ1n) is 7.42. The van der Waals surface area contributed by atoms with Gasteiger partial charge in [-0.05, 0) is 48.5 Å². The Kier molecular flexibility index (Phi) is 6.23. The van der Waals surface area contributed by atoms with Gasteiger partial charge in [-0.2, -0.15) is 0 Å². The van der Waals surface area contributed by atoms with E-state index in [2.05, 4.69) is 10.1 Å². The van der Waals surface area contributed by atoms with Gasteiger partial charge in [-0.15, -0.1) is 0 Å². The van der Waals surface area contributed by atoms with Crippen LogP contribution in [0.4, 0.5) is 11.4 Å². The van der Waals surface area contributed by atoms with Crippen molar-refractivity contribution in [3.05, 3.63) is 59.1 Å². The number of hydrogen-bond donors (Lipinski definition) is 1. The molecule has 0 aliphatic heterocycles. The lowest BCUT2D eigenvalue weighted by molar-refractivity contribution is -0.114. The Morgan fingerprint density at radius 1 is 1.08 bits per heavy atom. The van der Waals surface area contributed by atoms with E-state index in [1.807, 2.05) is 0 Å². The second-order valence-corrected chi connectivity index (χ2v) is 7.71. The highest BCUT2D eigenvalue weighted by molar-refractivity contribution is 7.92. The number of methoxy groups -OCH3 is 1. The van der Waals surface area contributed by atoms with Gasteiger partial charge >= 0.3 is 5.97 Å². The molecule has 9 heteroatoms. The van der Waals surface area contributed by atoms with Crippen LogP contribution in [0.15, 0.2) is 48.5 Å². The minimum atomic E-state index is -3.72. The van der Waals surface area contributed by atoms with Crippen LogP contribution in [0.5, 0.6) is 0 Å². The van der Waals surface area contributed by atoms with Gasteiger partial charge in [0.2, 0.25) is 15.9 Å². The molecular formula is C17H17ClN2O5S. The first-order valence-corrected chi connectivity index (χ1v) is 9.65. The van der Waals surface area contributed by atoms with Crippen molar-refractivity contribution < 1.29 is 22.7 Å². The van der Waals surface area contributed by atoms with Crippen molar-refractivity contribution in [3.8, 4) is 0 Å². The minimum absolute atomic E-state index is 0.256. The molecule has 0 aliphatic carbocycles. The fourth-order valence-corrected chi connectivity index (χ4v) is 3.13. The highest BCUT2D eigenvalue weighted by Crippen LogP contribution is 2.19. The molecule has 0 aliphatic rings. The maximum Gasteiger partial charge on any atom is 0.337 e. The van der Waals surface area contributed by atoms with Crippen LogP contribution in [0.1, 0.15) is 10.4 Å². The van der Waals surface area contributed by atoms with Gasteiger partial charge in [0.15, 0.2) is 0 Å². The van der Waals surface area contributed by atoms with Gasteiger partial charge in [0.1, 0.15) is 6.54 Å². The molecule has 26 heavy (non-hydrogen) atoms. The topological polar surface area (TPSA) is 92.8 Å². The summed E-state index contributed by atoms with van der Waals surface area (Å²) >= 11 is 5.78. The van der Waals surface area contributed by atoms with E-state index in [9.17, 15) is 18.0 Å². The van der Waals surface area contributed by atoms with Crippen LogP contribution in [0, 0.1) is 0 Å². The number of benzene rings is 2. The zero-order valence-electron chi connectivity index (χ0n) is 14.1. The van der Waals surface area contributed by atoms with Crippen LogP contribution in [-0.2, 0) is 19.6 Å². The predicted molar refractivity (Wildman–Crippen MR) is 100 cm³/mol. The van der Waals surface area contributed by atoms with Gasteiger partial charge in [0.25, 0.3) is 0 Å². The lowest BCUT2D eigenvalue weighted by Gasteiger charge is -2.22. The summed E-state index contributed by atoms with van der Waals surface area (Å²) in [7, 11) is -2.47. The van der Waals surface area contributed by atoms with Crippen LogP contribution in [0.25, 0.3) is 0 Å². The number of carbonyl (C=O) groups is 2. The van der Waals surface area contributed by atoms with E-state index in [-0.39, 0.29) is 11.3 Å². The molecule has 1 N–H and O–H groups in total. The van der Waals surface area contributed by atoms with Crippen molar-refractivity contribution in [1.82, 2.24) is 0 Å². The maximum atomic E-state index is 12.2. The van der Waals surface area contributed by atoms with Crippen molar-refractivity contribution in [1.29, 1.82) is 0 Å². The van der Waals surface area contributed by atoms with Crippen molar-refractivity contribution in [2.75, 3.05) is 29.5 Å². The van der Waals surface area contributed by atoms with Gasteiger partial charge in [0, 0.05) is 10.7 Å². The number of amides is 1. The van der Waals surface area contributed by atoms with E-state index < -0.39 is 28.4 Å². The summed E-state index contributed by atoms with van der Waals surface area (Å²) < 4.78 is 29.7. The van der Waals surface area contributed by atoms with Crippen LogP contribution in [0.2, 0.25) is 5.02 Å². The van der Waals surface area contributed by atoms with Crippen LogP contribution in [-0.4, -0.2) is 40.2 Å². The Labute approximate surface area is 156 Å². The molecule has 2 aromatic rings. The predicted octanol–water partition coefficient (Wildman–Crippen LogP) is 2.53. The van der Waals surface area contributed by atoms with E-state index in [0.717, 1.165) is 10.6 Å². The summed E-state index contributed by atoms with van der Waals surface area (Å²) in [6.07, 6.45) is 0.997. The molecule has 0 saturated heterocycles. The van der Waals surface area contributed by atoms with Crippen molar-refractivity contribution in [3.63, 3.8) is 0 Å². The van der Waals surface area contributed by atoms with E-state index in [0.29, 0.717) is 10.7 Å². The Hall–Kier alpha value is -2.58. The molecule has 0 atom stereocenters. The smallest absolute Gasteiger partial charge is 0.337 e. The van der Waals surface area contributed by atoms with E-state index in [4.69, 9.17) is 11.6 Å². The third-order valence-corrected chi connectivity index (χ3v) is 4.78. The fourth-order valence-electron chi connectivity index (χ4n) is 2.15. The van der Waals surface area contributed by atoms with Gasteiger partial charge in [-0.25, -0.2) is 13.2 Å². The molecule has 0 radical (unpaired) electrons. The zero-order chi connectivity index (χ0) is 19.3. The average Bonchev–Trinajstić information content (AvgIpc) is 2.60. The molecule has 1 amide bonds.